The fraction of sp³-hybridized carbons (Fsp3) is 0.571. The predicted molar refractivity (Wildman–Crippen MR) is 74.8 cm³/mol. The summed E-state index contributed by atoms with van der Waals surface area (Å²) in [6.45, 7) is 3.08. The molecule has 0 bridgehead atoms. The van der Waals surface area contributed by atoms with Crippen molar-refractivity contribution in [3.05, 3.63) is 28.8 Å². The number of benzene rings is 1. The van der Waals surface area contributed by atoms with Crippen molar-refractivity contribution in [2.75, 3.05) is 20.3 Å². The molecule has 2 rings (SSSR count). The van der Waals surface area contributed by atoms with E-state index >= 15 is 0 Å². The quantitative estimate of drug-likeness (QED) is 0.814. The molecule has 0 aromatic heterocycles. The van der Waals surface area contributed by atoms with E-state index in [1.165, 1.54) is 0 Å². The van der Waals surface area contributed by atoms with Crippen LogP contribution in [0.25, 0.3) is 0 Å². The van der Waals surface area contributed by atoms with Gasteiger partial charge in [-0.2, -0.15) is 0 Å². The Bertz CT molecular complexity index is 427. The molecule has 3 atom stereocenters. The topological polar surface area (TPSA) is 53.7 Å². The third kappa shape index (κ3) is 3.60. The summed E-state index contributed by atoms with van der Waals surface area (Å²) in [5.74, 6) is 0.693. The number of nitrogens with two attached hydrogens (primary N) is 1. The summed E-state index contributed by atoms with van der Waals surface area (Å²) in [4.78, 5) is 0. The van der Waals surface area contributed by atoms with Crippen molar-refractivity contribution in [3.8, 4) is 5.75 Å². The Morgan fingerprint density at radius 1 is 1.37 bits per heavy atom. The minimum Gasteiger partial charge on any atom is -0.486 e. The predicted octanol–water partition coefficient (Wildman–Crippen LogP) is 2.16. The van der Waals surface area contributed by atoms with Gasteiger partial charge in [0.25, 0.3) is 0 Å². The van der Waals surface area contributed by atoms with Crippen LogP contribution in [-0.4, -0.2) is 38.6 Å². The number of rotatable bonds is 6. The van der Waals surface area contributed by atoms with Gasteiger partial charge < -0.3 is 19.9 Å². The van der Waals surface area contributed by atoms with Crippen LogP contribution in [0, 0.1) is 6.92 Å². The number of hydrogen-bond acceptors (Lipinski definition) is 4. The van der Waals surface area contributed by atoms with Gasteiger partial charge >= 0.3 is 0 Å². The zero-order valence-electron chi connectivity index (χ0n) is 11.3. The smallest absolute Gasteiger partial charge is 0.138 e. The maximum absolute atomic E-state index is 6.12. The molecule has 1 aliphatic rings. The molecule has 1 fully saturated rings. The van der Waals surface area contributed by atoms with Gasteiger partial charge in [-0.3, -0.25) is 0 Å². The highest BCUT2D eigenvalue weighted by Gasteiger charge is 2.41. The molecule has 1 aromatic rings. The van der Waals surface area contributed by atoms with Crippen LogP contribution in [0.3, 0.4) is 0 Å². The maximum atomic E-state index is 6.12. The second-order valence-corrected chi connectivity index (χ2v) is 5.23. The van der Waals surface area contributed by atoms with E-state index in [1.807, 2.05) is 25.1 Å². The first kappa shape index (κ1) is 14.6. The van der Waals surface area contributed by atoms with Crippen LogP contribution in [0.5, 0.6) is 5.75 Å². The van der Waals surface area contributed by atoms with Crippen LogP contribution in [0.15, 0.2) is 18.2 Å². The molecule has 1 aliphatic carbocycles. The van der Waals surface area contributed by atoms with Gasteiger partial charge in [-0.05, 0) is 24.6 Å². The summed E-state index contributed by atoms with van der Waals surface area (Å²) in [5, 5.41) is 0.613. The lowest BCUT2D eigenvalue weighted by molar-refractivity contribution is -0.107. The fourth-order valence-electron chi connectivity index (χ4n) is 2.09. The van der Waals surface area contributed by atoms with Crippen LogP contribution in [0.1, 0.15) is 12.0 Å². The number of halogens is 1. The summed E-state index contributed by atoms with van der Waals surface area (Å²) in [5.41, 5.74) is 7.05. The Balaban J connectivity index is 1.93. The third-order valence-corrected chi connectivity index (χ3v) is 3.57. The lowest BCUT2D eigenvalue weighted by Gasteiger charge is -2.41. The van der Waals surface area contributed by atoms with Gasteiger partial charge in [0.2, 0.25) is 0 Å². The van der Waals surface area contributed by atoms with E-state index in [0.29, 0.717) is 24.0 Å². The molecule has 1 aromatic carbocycles. The van der Waals surface area contributed by atoms with Crippen LogP contribution in [-0.2, 0) is 9.47 Å². The van der Waals surface area contributed by atoms with Gasteiger partial charge in [-0.25, -0.2) is 0 Å². The first-order chi connectivity index (χ1) is 9.11. The minimum absolute atomic E-state index is 0.0189. The van der Waals surface area contributed by atoms with E-state index in [4.69, 9.17) is 31.5 Å². The van der Waals surface area contributed by atoms with Gasteiger partial charge in [0.15, 0.2) is 0 Å². The average Bonchev–Trinajstić information content (AvgIpc) is 2.38. The Morgan fingerprint density at radius 2 is 2.16 bits per heavy atom. The van der Waals surface area contributed by atoms with Gasteiger partial charge in [0, 0.05) is 19.6 Å². The van der Waals surface area contributed by atoms with Crippen molar-refractivity contribution in [2.45, 2.75) is 31.6 Å². The van der Waals surface area contributed by atoms with E-state index < -0.39 is 0 Å². The Labute approximate surface area is 118 Å². The number of hydrogen-bond donors (Lipinski definition) is 1. The third-order valence-electron chi connectivity index (χ3n) is 3.26. The maximum Gasteiger partial charge on any atom is 0.138 e. The molecular formula is C14H20ClNO3. The van der Waals surface area contributed by atoms with E-state index in [0.717, 1.165) is 12.0 Å². The Kier molecular flexibility index (Phi) is 5.05. The fourth-order valence-corrected chi connectivity index (χ4v) is 2.26. The highest BCUT2D eigenvalue weighted by atomic mass is 35.5. The molecule has 106 valence electrons. The molecule has 4 nitrogen and oxygen atoms in total. The lowest BCUT2D eigenvalue weighted by atomic mass is 9.86. The molecule has 3 unspecified atom stereocenters. The Morgan fingerprint density at radius 3 is 2.84 bits per heavy atom. The zero-order chi connectivity index (χ0) is 13.8. The first-order valence-corrected chi connectivity index (χ1v) is 6.78. The molecule has 0 spiro atoms. The molecule has 0 amide bonds. The highest BCUT2D eigenvalue weighted by Crippen LogP contribution is 2.32. The van der Waals surface area contributed by atoms with Crippen molar-refractivity contribution in [3.63, 3.8) is 0 Å². The van der Waals surface area contributed by atoms with Crippen molar-refractivity contribution in [2.24, 2.45) is 5.73 Å². The molecular weight excluding hydrogens is 266 g/mol. The molecule has 19 heavy (non-hydrogen) atoms. The SMILES string of the molecule is COCCOC1C(N)CC1Oc1cc(C)ccc1Cl. The summed E-state index contributed by atoms with van der Waals surface area (Å²) in [6, 6.07) is 5.74. The van der Waals surface area contributed by atoms with E-state index in [-0.39, 0.29) is 18.2 Å². The number of ether oxygens (including phenoxy) is 3. The highest BCUT2D eigenvalue weighted by molar-refractivity contribution is 6.32. The summed E-state index contributed by atoms with van der Waals surface area (Å²) >= 11 is 6.12. The summed E-state index contributed by atoms with van der Waals surface area (Å²) in [7, 11) is 1.64. The lowest BCUT2D eigenvalue weighted by Crippen LogP contribution is -2.59. The second-order valence-electron chi connectivity index (χ2n) is 4.82. The molecule has 0 heterocycles. The molecule has 0 saturated heterocycles. The molecule has 1 saturated carbocycles. The van der Waals surface area contributed by atoms with E-state index in [1.54, 1.807) is 7.11 Å². The summed E-state index contributed by atoms with van der Waals surface area (Å²) in [6.07, 6.45) is 0.653. The van der Waals surface area contributed by atoms with E-state index in [9.17, 15) is 0 Å². The monoisotopic (exact) mass is 285 g/mol. The zero-order valence-corrected chi connectivity index (χ0v) is 12.0. The van der Waals surface area contributed by atoms with Crippen molar-refractivity contribution in [1.82, 2.24) is 0 Å². The number of methoxy groups -OCH3 is 1. The van der Waals surface area contributed by atoms with Gasteiger partial charge in [-0.15, -0.1) is 0 Å². The second kappa shape index (κ2) is 6.57. The molecule has 0 radical (unpaired) electrons. The normalized spacial score (nSPS) is 26.0. The standard InChI is InChI=1S/C14H20ClNO3/c1-9-3-4-10(15)12(7-9)19-13-8-11(16)14(13)18-6-5-17-2/h3-4,7,11,13-14H,5-6,8,16H2,1-2H3. The van der Waals surface area contributed by atoms with Crippen molar-refractivity contribution >= 4 is 11.6 Å². The minimum atomic E-state index is -0.0910. The van der Waals surface area contributed by atoms with Gasteiger partial charge in [-0.1, -0.05) is 17.7 Å². The largest absolute Gasteiger partial charge is 0.486 e. The molecule has 0 aliphatic heterocycles. The van der Waals surface area contributed by atoms with Crippen LogP contribution in [0.4, 0.5) is 0 Å². The molecule has 5 heteroatoms. The van der Waals surface area contributed by atoms with Crippen LogP contribution >= 0.6 is 11.6 Å². The van der Waals surface area contributed by atoms with Crippen molar-refractivity contribution in [1.29, 1.82) is 0 Å². The molecule has 2 N–H and O–H groups in total. The van der Waals surface area contributed by atoms with Crippen LogP contribution < -0.4 is 10.5 Å². The van der Waals surface area contributed by atoms with Crippen molar-refractivity contribution < 1.29 is 14.2 Å². The van der Waals surface area contributed by atoms with Gasteiger partial charge in [0.1, 0.15) is 18.0 Å². The summed E-state index contributed by atoms with van der Waals surface area (Å²) < 4.78 is 16.5. The van der Waals surface area contributed by atoms with E-state index in [2.05, 4.69) is 0 Å². The number of aryl methyl sites for hydroxylation is 1. The average molecular weight is 286 g/mol. The van der Waals surface area contributed by atoms with Crippen LogP contribution in [0.2, 0.25) is 5.02 Å². The van der Waals surface area contributed by atoms with Gasteiger partial charge in [0.05, 0.1) is 18.2 Å². The Hall–Kier alpha value is -0.810. The first-order valence-electron chi connectivity index (χ1n) is 6.40.